The van der Waals surface area contributed by atoms with E-state index >= 15 is 0 Å². The highest BCUT2D eigenvalue weighted by atomic mass is 14.9. The summed E-state index contributed by atoms with van der Waals surface area (Å²) in [6.07, 6.45) is 10.5. The van der Waals surface area contributed by atoms with E-state index in [-0.39, 0.29) is 0 Å². The summed E-state index contributed by atoms with van der Waals surface area (Å²) in [4.78, 5) is 17.9. The Morgan fingerprint density at radius 2 is 2.12 bits per heavy atom. The van der Waals surface area contributed by atoms with Gasteiger partial charge in [0.05, 0.1) is 16.9 Å². The van der Waals surface area contributed by atoms with Gasteiger partial charge in [0.15, 0.2) is 0 Å². The van der Waals surface area contributed by atoms with Crippen LogP contribution in [-0.2, 0) is 6.42 Å². The molecular weight excluding hydrogens is 320 g/mol. The third-order valence-electron chi connectivity index (χ3n) is 4.61. The summed E-state index contributed by atoms with van der Waals surface area (Å²) < 4.78 is 0. The van der Waals surface area contributed by atoms with Crippen LogP contribution < -0.4 is 0 Å². The summed E-state index contributed by atoms with van der Waals surface area (Å²) in [7, 11) is 0. The van der Waals surface area contributed by atoms with E-state index in [1.807, 2.05) is 32.3 Å². The van der Waals surface area contributed by atoms with Crippen LogP contribution in [0.15, 0.2) is 60.0 Å². The van der Waals surface area contributed by atoms with Crippen molar-refractivity contribution in [2.24, 2.45) is 4.99 Å². The molecule has 4 nitrogen and oxygen atoms in total. The van der Waals surface area contributed by atoms with Crippen LogP contribution in [0.4, 0.5) is 0 Å². The van der Waals surface area contributed by atoms with Crippen LogP contribution in [0, 0.1) is 0 Å². The van der Waals surface area contributed by atoms with E-state index in [1.165, 1.54) is 11.1 Å². The number of aliphatic imine (C=N–C) groups is 1. The zero-order chi connectivity index (χ0) is 17.9. The van der Waals surface area contributed by atoms with Crippen molar-refractivity contribution in [1.82, 2.24) is 15.0 Å². The molecule has 4 heteroatoms. The summed E-state index contributed by atoms with van der Waals surface area (Å²) >= 11 is 0. The predicted molar refractivity (Wildman–Crippen MR) is 107 cm³/mol. The molecule has 0 N–H and O–H groups in total. The molecule has 2 heterocycles. The largest absolute Gasteiger partial charge is 0.293 e. The lowest BCUT2D eigenvalue weighted by Gasteiger charge is -2.12. The first-order chi connectivity index (χ1) is 12.8. The SMILES string of the molecule is C/C=C(\C=NCC)c1ncnc2c1C(c1ccc3ncccc3c1)=CC2. The van der Waals surface area contributed by atoms with Crippen LogP contribution in [0.5, 0.6) is 0 Å². The number of nitrogens with zero attached hydrogens (tertiary/aromatic N) is 4. The standard InChI is InChI=1S/C22H20N4/c1-3-15(13-23-4-2)22-21-18(8-10-20(21)25-14-26-22)16-7-9-19-17(12-16)6-5-11-24-19/h3,5-9,11-14H,4,10H2,1-2H3/b15-3+,23-13?. The van der Waals surface area contributed by atoms with Gasteiger partial charge in [0.2, 0.25) is 0 Å². The molecule has 0 fully saturated rings. The van der Waals surface area contributed by atoms with Crippen molar-refractivity contribution in [2.75, 3.05) is 6.54 Å². The molecule has 26 heavy (non-hydrogen) atoms. The van der Waals surface area contributed by atoms with E-state index in [0.717, 1.165) is 46.4 Å². The normalized spacial score (nSPS) is 14.1. The van der Waals surface area contributed by atoms with E-state index < -0.39 is 0 Å². The number of aromatic nitrogens is 3. The molecule has 1 aromatic carbocycles. The summed E-state index contributed by atoms with van der Waals surface area (Å²) in [6, 6.07) is 10.5. The van der Waals surface area contributed by atoms with Gasteiger partial charge in [0.25, 0.3) is 0 Å². The molecule has 2 aromatic heterocycles. The highest BCUT2D eigenvalue weighted by molar-refractivity contribution is 6.11. The van der Waals surface area contributed by atoms with E-state index in [1.54, 1.807) is 6.33 Å². The molecule has 128 valence electrons. The summed E-state index contributed by atoms with van der Waals surface area (Å²) in [5.41, 5.74) is 7.52. The van der Waals surface area contributed by atoms with Crippen molar-refractivity contribution in [3.05, 3.63) is 77.5 Å². The predicted octanol–water partition coefficient (Wildman–Crippen LogP) is 4.51. The van der Waals surface area contributed by atoms with Crippen molar-refractivity contribution in [2.45, 2.75) is 20.3 Å². The molecule has 0 radical (unpaired) electrons. The Kier molecular flexibility index (Phi) is 4.40. The number of hydrogen-bond donors (Lipinski definition) is 0. The Hall–Kier alpha value is -3.14. The fourth-order valence-corrected chi connectivity index (χ4v) is 3.35. The first kappa shape index (κ1) is 16.3. The molecule has 1 aliphatic rings. The van der Waals surface area contributed by atoms with Gasteiger partial charge in [-0.05, 0) is 43.2 Å². The second kappa shape index (κ2) is 7.00. The minimum atomic E-state index is 0.755. The zero-order valence-electron chi connectivity index (χ0n) is 15.0. The highest BCUT2D eigenvalue weighted by Gasteiger charge is 2.23. The average Bonchev–Trinajstić information content (AvgIpc) is 3.13. The monoisotopic (exact) mass is 340 g/mol. The van der Waals surface area contributed by atoms with Gasteiger partial charge < -0.3 is 0 Å². The molecule has 0 unspecified atom stereocenters. The van der Waals surface area contributed by atoms with Crippen LogP contribution in [0.1, 0.15) is 36.4 Å². The Bertz CT molecular complexity index is 1060. The summed E-state index contributed by atoms with van der Waals surface area (Å²) in [5.74, 6) is 0. The number of benzene rings is 1. The van der Waals surface area contributed by atoms with Gasteiger partial charge in [-0.15, -0.1) is 0 Å². The Balaban J connectivity index is 1.85. The molecule has 0 spiro atoms. The molecule has 3 aromatic rings. The molecular formula is C22H20N4. The highest BCUT2D eigenvalue weighted by Crippen LogP contribution is 2.36. The van der Waals surface area contributed by atoms with Crippen LogP contribution in [0.25, 0.3) is 22.0 Å². The lowest BCUT2D eigenvalue weighted by atomic mass is 9.95. The molecule has 0 saturated carbocycles. The van der Waals surface area contributed by atoms with Crippen molar-refractivity contribution < 1.29 is 0 Å². The second-order valence-corrected chi connectivity index (χ2v) is 6.15. The Morgan fingerprint density at radius 1 is 1.19 bits per heavy atom. The lowest BCUT2D eigenvalue weighted by Crippen LogP contribution is -2.02. The maximum atomic E-state index is 4.59. The number of pyridine rings is 1. The van der Waals surface area contributed by atoms with Crippen molar-refractivity contribution in [3.8, 4) is 0 Å². The van der Waals surface area contributed by atoms with Crippen molar-refractivity contribution >= 4 is 28.3 Å². The van der Waals surface area contributed by atoms with E-state index in [9.17, 15) is 0 Å². The van der Waals surface area contributed by atoms with Gasteiger partial charge in [-0.25, -0.2) is 9.97 Å². The second-order valence-electron chi connectivity index (χ2n) is 6.15. The summed E-state index contributed by atoms with van der Waals surface area (Å²) in [6.45, 7) is 4.80. The number of fused-ring (bicyclic) bond motifs is 2. The van der Waals surface area contributed by atoms with Gasteiger partial charge in [-0.3, -0.25) is 9.98 Å². The van der Waals surface area contributed by atoms with Gasteiger partial charge in [0.1, 0.15) is 6.33 Å². The van der Waals surface area contributed by atoms with Gasteiger partial charge in [0, 0.05) is 41.9 Å². The minimum absolute atomic E-state index is 0.755. The minimum Gasteiger partial charge on any atom is -0.293 e. The van der Waals surface area contributed by atoms with Gasteiger partial charge in [-0.1, -0.05) is 24.3 Å². The van der Waals surface area contributed by atoms with Crippen molar-refractivity contribution in [1.29, 1.82) is 0 Å². The molecule has 0 saturated heterocycles. The first-order valence-electron chi connectivity index (χ1n) is 8.88. The van der Waals surface area contributed by atoms with E-state index in [4.69, 9.17) is 0 Å². The zero-order valence-corrected chi connectivity index (χ0v) is 15.0. The van der Waals surface area contributed by atoms with Crippen molar-refractivity contribution in [3.63, 3.8) is 0 Å². The maximum absolute atomic E-state index is 4.59. The summed E-state index contributed by atoms with van der Waals surface area (Å²) in [5, 5.41) is 1.14. The third kappa shape index (κ3) is 2.84. The van der Waals surface area contributed by atoms with Crippen LogP contribution >= 0.6 is 0 Å². The van der Waals surface area contributed by atoms with Gasteiger partial charge >= 0.3 is 0 Å². The molecule has 0 aliphatic heterocycles. The number of allylic oxidation sites excluding steroid dienone is 3. The third-order valence-corrected chi connectivity index (χ3v) is 4.61. The molecule has 1 aliphatic carbocycles. The van der Waals surface area contributed by atoms with E-state index in [2.05, 4.69) is 56.4 Å². The Morgan fingerprint density at radius 3 is 2.96 bits per heavy atom. The number of rotatable bonds is 4. The topological polar surface area (TPSA) is 51.0 Å². The fraction of sp³-hybridized carbons (Fsp3) is 0.182. The van der Waals surface area contributed by atoms with Crippen LogP contribution in [0.3, 0.4) is 0 Å². The average molecular weight is 340 g/mol. The quantitative estimate of drug-likeness (QED) is 0.657. The van der Waals surface area contributed by atoms with E-state index in [0.29, 0.717) is 0 Å². The number of hydrogen-bond acceptors (Lipinski definition) is 4. The molecule has 0 atom stereocenters. The smallest absolute Gasteiger partial charge is 0.116 e. The Labute approximate surface area is 153 Å². The molecule has 4 rings (SSSR count). The fourth-order valence-electron chi connectivity index (χ4n) is 3.35. The van der Waals surface area contributed by atoms with Crippen LogP contribution in [0.2, 0.25) is 0 Å². The molecule has 0 amide bonds. The first-order valence-corrected chi connectivity index (χ1v) is 8.88. The van der Waals surface area contributed by atoms with Gasteiger partial charge in [-0.2, -0.15) is 0 Å². The lowest BCUT2D eigenvalue weighted by molar-refractivity contribution is 1.05. The maximum Gasteiger partial charge on any atom is 0.116 e. The molecule has 0 bridgehead atoms. The van der Waals surface area contributed by atoms with Crippen LogP contribution in [-0.4, -0.2) is 27.7 Å².